The summed E-state index contributed by atoms with van der Waals surface area (Å²) in [6.45, 7) is 6.89. The van der Waals surface area contributed by atoms with Crippen LogP contribution in [0.15, 0.2) is 35.5 Å². The number of rotatable bonds is 4. The Morgan fingerprint density at radius 1 is 1.18 bits per heavy atom. The molecule has 9 nitrogen and oxygen atoms in total. The van der Waals surface area contributed by atoms with Crippen LogP contribution in [-0.2, 0) is 14.6 Å². The zero-order chi connectivity index (χ0) is 23.2. The number of hydrogen-bond acceptors (Lipinski definition) is 9. The van der Waals surface area contributed by atoms with Crippen LogP contribution in [0.1, 0.15) is 30.8 Å². The number of hydrazine groups is 1. The summed E-state index contributed by atoms with van der Waals surface area (Å²) < 4.78 is 29.7. The second kappa shape index (κ2) is 8.60. The van der Waals surface area contributed by atoms with Crippen molar-refractivity contribution < 1.29 is 13.2 Å². The lowest BCUT2D eigenvalue weighted by Crippen LogP contribution is -2.44. The number of sulfone groups is 1. The Morgan fingerprint density at radius 3 is 2.73 bits per heavy atom. The fourth-order valence-electron chi connectivity index (χ4n) is 4.57. The lowest BCUT2D eigenvalue weighted by Gasteiger charge is -2.35. The third-order valence-electron chi connectivity index (χ3n) is 6.30. The van der Waals surface area contributed by atoms with E-state index < -0.39 is 9.84 Å². The van der Waals surface area contributed by atoms with Crippen LogP contribution >= 0.6 is 0 Å². The maximum Gasteiger partial charge on any atom is 0.192 e. The van der Waals surface area contributed by atoms with Crippen LogP contribution in [0, 0.1) is 6.92 Å². The van der Waals surface area contributed by atoms with E-state index in [4.69, 9.17) is 14.7 Å². The Morgan fingerprint density at radius 2 is 2.03 bits per heavy atom. The van der Waals surface area contributed by atoms with Crippen molar-refractivity contribution in [2.75, 3.05) is 37.5 Å². The van der Waals surface area contributed by atoms with E-state index >= 15 is 0 Å². The van der Waals surface area contributed by atoms with Gasteiger partial charge in [-0.05, 0) is 50.1 Å². The highest BCUT2D eigenvalue weighted by Crippen LogP contribution is 2.36. The van der Waals surface area contributed by atoms with Gasteiger partial charge in [0.25, 0.3) is 0 Å². The van der Waals surface area contributed by atoms with Gasteiger partial charge >= 0.3 is 0 Å². The number of morpholine rings is 1. The summed E-state index contributed by atoms with van der Waals surface area (Å²) in [4.78, 5) is 16.5. The molecule has 0 radical (unpaired) electrons. The number of aromatic nitrogens is 3. The Labute approximate surface area is 193 Å². The van der Waals surface area contributed by atoms with Crippen molar-refractivity contribution in [3.8, 4) is 11.1 Å². The molecule has 0 spiro atoms. The van der Waals surface area contributed by atoms with E-state index in [1.54, 1.807) is 6.07 Å². The third-order valence-corrected chi connectivity index (χ3v) is 7.29. The Balaban J connectivity index is 1.74. The molecule has 3 aromatic heterocycles. The molecule has 2 atom stereocenters. The molecule has 0 saturated carbocycles. The molecule has 10 heteroatoms. The molecular weight excluding hydrogens is 440 g/mol. The maximum absolute atomic E-state index is 12.0. The lowest BCUT2D eigenvalue weighted by atomic mass is 9.98. The first-order chi connectivity index (χ1) is 15.8. The number of ether oxygens (including phenoxy) is 1. The summed E-state index contributed by atoms with van der Waals surface area (Å²) in [5.41, 5.74) is 10.7. The number of hydrogen-bond donors (Lipinski definition) is 2. The minimum absolute atomic E-state index is 0.0678. The van der Waals surface area contributed by atoms with E-state index in [9.17, 15) is 8.42 Å². The highest BCUT2D eigenvalue weighted by atomic mass is 32.2. The second-order valence-electron chi connectivity index (χ2n) is 8.70. The number of fused-ring (bicyclic) bond motifs is 1. The van der Waals surface area contributed by atoms with Gasteiger partial charge in [-0.25, -0.2) is 23.8 Å². The van der Waals surface area contributed by atoms with Gasteiger partial charge in [0.05, 0.1) is 36.5 Å². The molecule has 3 aromatic rings. The van der Waals surface area contributed by atoms with E-state index in [2.05, 4.69) is 33.7 Å². The molecule has 33 heavy (non-hydrogen) atoms. The van der Waals surface area contributed by atoms with E-state index in [1.165, 1.54) is 6.26 Å². The normalized spacial score (nSPS) is 21.6. The summed E-state index contributed by atoms with van der Waals surface area (Å²) in [5.74, 6) is 0.861. The van der Waals surface area contributed by atoms with Crippen LogP contribution in [0.25, 0.3) is 22.0 Å². The first-order valence-electron chi connectivity index (χ1n) is 11.1. The number of aryl methyl sites for hydroxylation is 1. The summed E-state index contributed by atoms with van der Waals surface area (Å²) in [5, 5.41) is 1.04. The van der Waals surface area contributed by atoms with Gasteiger partial charge in [-0.15, -0.1) is 0 Å². The molecule has 0 aromatic carbocycles. The predicted molar refractivity (Wildman–Crippen MR) is 127 cm³/mol. The van der Waals surface area contributed by atoms with Crippen LogP contribution in [0.3, 0.4) is 0 Å². The van der Waals surface area contributed by atoms with Crippen molar-refractivity contribution in [2.24, 2.45) is 0 Å². The third kappa shape index (κ3) is 4.19. The van der Waals surface area contributed by atoms with Gasteiger partial charge in [-0.1, -0.05) is 0 Å². The lowest BCUT2D eigenvalue weighted by molar-refractivity contribution is 0.0986. The number of nitrogens with one attached hydrogen (secondary N) is 2. The van der Waals surface area contributed by atoms with Crippen LogP contribution in [-0.4, -0.2) is 62.0 Å². The molecule has 2 fully saturated rings. The SMILES string of the molecule is Cc1nc(S(C)(=O)=O)ccc1-c1cc(N2CCOC[C@H]2C)nc2c(C3CCNN3)nccc12. The van der Waals surface area contributed by atoms with Crippen LogP contribution in [0.4, 0.5) is 5.82 Å². The number of pyridine rings is 3. The fraction of sp³-hybridized carbons (Fsp3) is 0.435. The minimum Gasteiger partial charge on any atom is -0.377 e. The number of anilines is 1. The van der Waals surface area contributed by atoms with Gasteiger partial charge in [-0.2, -0.15) is 0 Å². The molecule has 5 rings (SSSR count). The highest BCUT2D eigenvalue weighted by Gasteiger charge is 2.26. The molecular formula is C23H28N6O3S. The fourth-order valence-corrected chi connectivity index (χ4v) is 5.19. The largest absolute Gasteiger partial charge is 0.377 e. The standard InChI is InChI=1S/C23H28N6O3S/c1-14-13-32-11-10-29(14)20-12-18(16-4-5-21(26-15(16)2)33(3,30)31)17-6-8-24-23(22(17)27-20)19-7-9-25-28-19/h4-6,8,12,14,19,25,28H,7,9-11,13H2,1-3H3/t14-,19?/m1/s1. The van der Waals surface area contributed by atoms with Gasteiger partial charge < -0.3 is 9.64 Å². The van der Waals surface area contributed by atoms with Gasteiger partial charge in [0.1, 0.15) is 5.82 Å². The van der Waals surface area contributed by atoms with Crippen molar-refractivity contribution in [1.82, 2.24) is 25.8 Å². The molecule has 0 aliphatic carbocycles. The van der Waals surface area contributed by atoms with Crippen molar-refractivity contribution in [2.45, 2.75) is 37.4 Å². The van der Waals surface area contributed by atoms with Crippen molar-refractivity contribution in [3.05, 3.63) is 41.9 Å². The van der Waals surface area contributed by atoms with Gasteiger partial charge in [0, 0.05) is 42.2 Å². The topological polar surface area (TPSA) is 109 Å². The van der Waals surface area contributed by atoms with Crippen LogP contribution in [0.2, 0.25) is 0 Å². The predicted octanol–water partition coefficient (Wildman–Crippen LogP) is 2.17. The van der Waals surface area contributed by atoms with Gasteiger partial charge in [0.15, 0.2) is 14.9 Å². The highest BCUT2D eigenvalue weighted by molar-refractivity contribution is 7.90. The van der Waals surface area contributed by atoms with E-state index in [0.29, 0.717) is 18.9 Å². The van der Waals surface area contributed by atoms with Crippen molar-refractivity contribution >= 4 is 26.6 Å². The Bertz CT molecular complexity index is 1310. The average Bonchev–Trinajstić information content (AvgIpc) is 3.32. The first-order valence-corrected chi connectivity index (χ1v) is 13.0. The van der Waals surface area contributed by atoms with E-state index in [1.807, 2.05) is 25.3 Å². The molecule has 5 heterocycles. The van der Waals surface area contributed by atoms with Gasteiger partial charge in [0.2, 0.25) is 0 Å². The van der Waals surface area contributed by atoms with E-state index in [0.717, 1.165) is 53.1 Å². The Hall–Kier alpha value is -2.66. The summed E-state index contributed by atoms with van der Waals surface area (Å²) in [7, 11) is -3.39. The summed E-state index contributed by atoms with van der Waals surface area (Å²) >= 11 is 0. The average molecular weight is 469 g/mol. The molecule has 2 aliphatic rings. The minimum atomic E-state index is -3.39. The molecule has 2 N–H and O–H groups in total. The zero-order valence-electron chi connectivity index (χ0n) is 19.0. The molecule has 1 unspecified atom stereocenters. The molecule has 2 aliphatic heterocycles. The van der Waals surface area contributed by atoms with Crippen LogP contribution in [0.5, 0.6) is 0 Å². The summed E-state index contributed by atoms with van der Waals surface area (Å²) in [6.07, 6.45) is 3.91. The second-order valence-corrected chi connectivity index (χ2v) is 10.7. The quantitative estimate of drug-likeness (QED) is 0.595. The maximum atomic E-state index is 12.0. The van der Waals surface area contributed by atoms with Gasteiger partial charge in [-0.3, -0.25) is 10.4 Å². The summed E-state index contributed by atoms with van der Waals surface area (Å²) in [6, 6.07) is 7.73. The zero-order valence-corrected chi connectivity index (χ0v) is 19.8. The van der Waals surface area contributed by atoms with Crippen LogP contribution < -0.4 is 15.8 Å². The first kappa shape index (κ1) is 22.1. The van der Waals surface area contributed by atoms with Crippen molar-refractivity contribution in [3.63, 3.8) is 0 Å². The monoisotopic (exact) mass is 468 g/mol. The Kier molecular flexibility index (Phi) is 5.77. The van der Waals surface area contributed by atoms with E-state index in [-0.39, 0.29) is 17.1 Å². The molecule has 0 amide bonds. The van der Waals surface area contributed by atoms with Crippen molar-refractivity contribution in [1.29, 1.82) is 0 Å². The molecule has 174 valence electrons. The molecule has 2 saturated heterocycles. The molecule has 0 bridgehead atoms. The number of nitrogens with zero attached hydrogens (tertiary/aromatic N) is 4. The smallest absolute Gasteiger partial charge is 0.192 e.